The highest BCUT2D eigenvalue weighted by molar-refractivity contribution is 6.36. The van der Waals surface area contributed by atoms with Crippen molar-refractivity contribution in [2.45, 2.75) is 26.2 Å². The average Bonchev–Trinajstić information content (AvgIpc) is 2.87. The van der Waals surface area contributed by atoms with Gasteiger partial charge in [0.1, 0.15) is 0 Å². The van der Waals surface area contributed by atoms with Crippen LogP contribution < -0.4 is 5.32 Å². The van der Waals surface area contributed by atoms with Crippen LogP contribution in [-0.4, -0.2) is 18.1 Å². The second-order valence-electron chi connectivity index (χ2n) is 4.60. The number of nitrogens with one attached hydrogen (secondary N) is 1. The topological polar surface area (TPSA) is 38.1 Å². The molecule has 0 aliphatic heterocycles. The molecule has 0 amide bonds. The second-order valence-corrected chi connectivity index (χ2v) is 5.44. The van der Waals surface area contributed by atoms with E-state index in [9.17, 15) is 0 Å². The first-order chi connectivity index (χ1) is 9.70. The third kappa shape index (κ3) is 4.23. The smallest absolute Gasteiger partial charge is 0.194 e. The summed E-state index contributed by atoms with van der Waals surface area (Å²) >= 11 is 12.0. The zero-order valence-corrected chi connectivity index (χ0v) is 13.0. The van der Waals surface area contributed by atoms with E-state index >= 15 is 0 Å². The Labute approximate surface area is 129 Å². The molecular weight excluding hydrogens is 295 g/mol. The number of oxazole rings is 1. The van der Waals surface area contributed by atoms with Gasteiger partial charge in [-0.15, -0.1) is 0 Å². The summed E-state index contributed by atoms with van der Waals surface area (Å²) in [4.78, 5) is 4.29. The third-order valence-electron chi connectivity index (χ3n) is 2.92. The van der Waals surface area contributed by atoms with E-state index < -0.39 is 0 Å². The van der Waals surface area contributed by atoms with Crippen LogP contribution in [0.1, 0.15) is 25.7 Å². The Hall–Kier alpha value is -1.03. The molecule has 1 heterocycles. The summed E-state index contributed by atoms with van der Waals surface area (Å²) in [6.07, 6.45) is 4.69. The Morgan fingerprint density at radius 3 is 2.85 bits per heavy atom. The van der Waals surface area contributed by atoms with Crippen molar-refractivity contribution in [3.05, 3.63) is 40.3 Å². The highest BCUT2D eigenvalue weighted by Crippen LogP contribution is 2.30. The van der Waals surface area contributed by atoms with Crippen LogP contribution in [-0.2, 0) is 6.42 Å². The first kappa shape index (κ1) is 15.4. The molecule has 0 aliphatic carbocycles. The molecule has 0 unspecified atom stereocenters. The summed E-state index contributed by atoms with van der Waals surface area (Å²) in [5.41, 5.74) is 0.818. The number of nitrogens with zero attached hydrogens (tertiary/aromatic N) is 1. The highest BCUT2D eigenvalue weighted by Gasteiger charge is 2.10. The van der Waals surface area contributed by atoms with Crippen molar-refractivity contribution in [2.75, 3.05) is 13.1 Å². The summed E-state index contributed by atoms with van der Waals surface area (Å²) < 4.78 is 5.73. The van der Waals surface area contributed by atoms with Gasteiger partial charge in [-0.3, -0.25) is 0 Å². The van der Waals surface area contributed by atoms with E-state index in [1.807, 2.05) is 6.07 Å². The van der Waals surface area contributed by atoms with E-state index in [0.717, 1.165) is 43.8 Å². The van der Waals surface area contributed by atoms with Gasteiger partial charge in [0.05, 0.1) is 11.2 Å². The van der Waals surface area contributed by atoms with Gasteiger partial charge in [0.15, 0.2) is 11.7 Å². The van der Waals surface area contributed by atoms with Gasteiger partial charge in [0.25, 0.3) is 0 Å². The fourth-order valence-electron chi connectivity index (χ4n) is 1.91. The Morgan fingerprint density at radius 1 is 1.25 bits per heavy atom. The molecule has 0 spiro atoms. The Morgan fingerprint density at radius 2 is 2.10 bits per heavy atom. The van der Waals surface area contributed by atoms with Crippen LogP contribution in [0.15, 0.2) is 28.8 Å². The number of rotatable bonds is 7. The van der Waals surface area contributed by atoms with Gasteiger partial charge in [-0.05, 0) is 44.1 Å². The van der Waals surface area contributed by atoms with Crippen molar-refractivity contribution in [2.24, 2.45) is 0 Å². The lowest BCUT2D eigenvalue weighted by Gasteiger charge is -2.01. The predicted octanol–water partition coefficient (Wildman–Crippen LogP) is 4.58. The van der Waals surface area contributed by atoms with Gasteiger partial charge < -0.3 is 9.73 Å². The van der Waals surface area contributed by atoms with Crippen molar-refractivity contribution in [1.82, 2.24) is 10.3 Å². The second kappa shape index (κ2) is 7.67. The summed E-state index contributed by atoms with van der Waals surface area (Å²) in [5.74, 6) is 1.42. The maximum absolute atomic E-state index is 6.15. The van der Waals surface area contributed by atoms with Gasteiger partial charge in [-0.25, -0.2) is 4.98 Å². The normalized spacial score (nSPS) is 10.9. The molecule has 1 aromatic heterocycles. The lowest BCUT2D eigenvalue weighted by Crippen LogP contribution is -2.16. The number of benzene rings is 1. The molecule has 20 heavy (non-hydrogen) atoms. The van der Waals surface area contributed by atoms with Gasteiger partial charge in [-0.2, -0.15) is 0 Å². The monoisotopic (exact) mass is 312 g/mol. The lowest BCUT2D eigenvalue weighted by atomic mass is 10.2. The minimum Gasteiger partial charge on any atom is -0.441 e. The van der Waals surface area contributed by atoms with Crippen LogP contribution in [0.5, 0.6) is 0 Å². The molecule has 2 rings (SSSR count). The molecule has 0 bridgehead atoms. The van der Waals surface area contributed by atoms with E-state index in [-0.39, 0.29) is 0 Å². The van der Waals surface area contributed by atoms with E-state index in [4.69, 9.17) is 27.6 Å². The van der Waals surface area contributed by atoms with Crippen LogP contribution in [0.25, 0.3) is 11.3 Å². The molecule has 0 fully saturated rings. The number of hydrogen-bond donors (Lipinski definition) is 1. The average molecular weight is 313 g/mol. The summed E-state index contributed by atoms with van der Waals surface area (Å²) in [7, 11) is 0. The van der Waals surface area contributed by atoms with Crippen molar-refractivity contribution in [3.63, 3.8) is 0 Å². The molecule has 2 aromatic rings. The molecule has 0 saturated heterocycles. The quantitative estimate of drug-likeness (QED) is 0.760. The maximum atomic E-state index is 6.15. The lowest BCUT2D eigenvalue weighted by molar-refractivity contribution is 0.491. The molecular formula is C15H18Cl2N2O. The fourth-order valence-corrected chi connectivity index (χ4v) is 2.41. The molecule has 3 nitrogen and oxygen atoms in total. The fraction of sp³-hybridized carbons (Fsp3) is 0.400. The van der Waals surface area contributed by atoms with Crippen LogP contribution in [0, 0.1) is 0 Å². The first-order valence-corrected chi connectivity index (χ1v) is 7.57. The van der Waals surface area contributed by atoms with Crippen LogP contribution in [0.2, 0.25) is 10.0 Å². The predicted molar refractivity (Wildman–Crippen MR) is 83.4 cm³/mol. The van der Waals surface area contributed by atoms with Crippen LogP contribution in [0.3, 0.4) is 0 Å². The molecule has 0 saturated carbocycles. The van der Waals surface area contributed by atoms with Gasteiger partial charge in [-0.1, -0.05) is 30.1 Å². The first-order valence-electron chi connectivity index (χ1n) is 6.81. The van der Waals surface area contributed by atoms with Gasteiger partial charge in [0.2, 0.25) is 0 Å². The highest BCUT2D eigenvalue weighted by atomic mass is 35.5. The maximum Gasteiger partial charge on any atom is 0.194 e. The van der Waals surface area contributed by atoms with E-state index in [2.05, 4.69) is 17.2 Å². The number of hydrogen-bond acceptors (Lipinski definition) is 3. The third-order valence-corrected chi connectivity index (χ3v) is 3.47. The van der Waals surface area contributed by atoms with Crippen molar-refractivity contribution in [3.8, 4) is 11.3 Å². The number of aromatic nitrogens is 1. The van der Waals surface area contributed by atoms with E-state index in [1.165, 1.54) is 0 Å². The zero-order chi connectivity index (χ0) is 14.4. The van der Waals surface area contributed by atoms with E-state index in [0.29, 0.717) is 15.8 Å². The minimum absolute atomic E-state index is 0.574. The standard InChI is InChI=1S/C15H18Cl2N2O/c1-2-7-18-8-3-4-15-19-10-14(20-15)12-6-5-11(16)9-13(12)17/h5-6,9-10,18H,2-4,7-8H2,1H3. The van der Waals surface area contributed by atoms with Crippen molar-refractivity contribution >= 4 is 23.2 Å². The number of aryl methyl sites for hydroxylation is 1. The van der Waals surface area contributed by atoms with E-state index in [1.54, 1.807) is 18.3 Å². The molecule has 1 aromatic carbocycles. The molecule has 1 N–H and O–H groups in total. The number of halogens is 2. The SMILES string of the molecule is CCCNCCCc1ncc(-c2ccc(Cl)cc2Cl)o1. The van der Waals surface area contributed by atoms with Crippen LogP contribution in [0.4, 0.5) is 0 Å². The molecule has 0 radical (unpaired) electrons. The minimum atomic E-state index is 0.574. The molecule has 0 atom stereocenters. The largest absolute Gasteiger partial charge is 0.441 e. The Bertz CT molecular complexity index is 555. The van der Waals surface area contributed by atoms with Gasteiger partial charge >= 0.3 is 0 Å². The summed E-state index contributed by atoms with van der Waals surface area (Å²) in [6.45, 7) is 4.19. The zero-order valence-electron chi connectivity index (χ0n) is 11.5. The Kier molecular flexibility index (Phi) is 5.89. The molecule has 5 heteroatoms. The van der Waals surface area contributed by atoms with Crippen LogP contribution >= 0.6 is 23.2 Å². The van der Waals surface area contributed by atoms with Gasteiger partial charge in [0, 0.05) is 17.0 Å². The summed E-state index contributed by atoms with van der Waals surface area (Å²) in [6, 6.07) is 5.34. The van der Waals surface area contributed by atoms with Crippen molar-refractivity contribution in [1.29, 1.82) is 0 Å². The van der Waals surface area contributed by atoms with Crippen molar-refractivity contribution < 1.29 is 4.42 Å². The summed E-state index contributed by atoms with van der Waals surface area (Å²) in [5, 5.41) is 4.54. The molecule has 108 valence electrons. The molecule has 0 aliphatic rings. The Balaban J connectivity index is 1.95.